The second kappa shape index (κ2) is 9.09. The van der Waals surface area contributed by atoms with Gasteiger partial charge in [-0.25, -0.2) is 9.91 Å². The molecule has 9 nitrogen and oxygen atoms in total. The second-order valence-corrected chi connectivity index (χ2v) is 9.32. The fourth-order valence-corrected chi connectivity index (χ4v) is 4.99. The van der Waals surface area contributed by atoms with Gasteiger partial charge in [-0.05, 0) is 30.2 Å². The number of fused-ring (bicyclic) bond motifs is 1. The summed E-state index contributed by atoms with van der Waals surface area (Å²) in [6.45, 7) is 1.71. The minimum Gasteiger partial charge on any atom is -0.271 e. The molecule has 6 rings (SSSR count). The van der Waals surface area contributed by atoms with E-state index in [1.165, 1.54) is 10.0 Å². The molecular weight excluding hydrogens is 468 g/mol. The SMILES string of the molecule is Cc1ccc(N2C(=O)[C@@H]3[C@@H](N=NN3CC(=O)N3N=C(c4ccccc4)C[C@@H]3c3ccccc3)C2=O)cc1. The van der Waals surface area contributed by atoms with Crippen LogP contribution in [-0.4, -0.2) is 52.1 Å². The van der Waals surface area contributed by atoms with Crippen LogP contribution in [0.25, 0.3) is 0 Å². The van der Waals surface area contributed by atoms with E-state index >= 15 is 0 Å². The fraction of sp³-hybridized carbons (Fsp3) is 0.214. The number of imide groups is 1. The Kier molecular flexibility index (Phi) is 5.60. The van der Waals surface area contributed by atoms with Gasteiger partial charge in [0, 0.05) is 6.42 Å². The van der Waals surface area contributed by atoms with Crippen LogP contribution in [-0.2, 0) is 14.4 Å². The molecule has 0 N–H and O–H groups in total. The minimum absolute atomic E-state index is 0.222. The first-order valence-electron chi connectivity index (χ1n) is 12.1. The Morgan fingerprint density at radius 3 is 2.27 bits per heavy atom. The zero-order valence-electron chi connectivity index (χ0n) is 20.1. The smallest absolute Gasteiger partial charge is 0.264 e. The van der Waals surface area contributed by atoms with E-state index < -0.39 is 23.9 Å². The van der Waals surface area contributed by atoms with E-state index in [0.717, 1.165) is 27.3 Å². The predicted octanol–water partition coefficient (Wildman–Crippen LogP) is 3.67. The summed E-state index contributed by atoms with van der Waals surface area (Å²) < 4.78 is 0. The van der Waals surface area contributed by atoms with Gasteiger partial charge in [0.2, 0.25) is 0 Å². The van der Waals surface area contributed by atoms with Gasteiger partial charge >= 0.3 is 0 Å². The zero-order valence-corrected chi connectivity index (χ0v) is 20.1. The van der Waals surface area contributed by atoms with E-state index in [4.69, 9.17) is 0 Å². The number of amides is 3. The molecule has 0 radical (unpaired) electrons. The van der Waals surface area contributed by atoms with Crippen molar-refractivity contribution < 1.29 is 14.4 Å². The van der Waals surface area contributed by atoms with Gasteiger partial charge in [-0.3, -0.25) is 19.4 Å². The number of hydrazone groups is 1. The Hall–Kier alpha value is -4.66. The Balaban J connectivity index is 1.25. The number of carbonyl (C=O) groups is 3. The quantitative estimate of drug-likeness (QED) is 0.508. The summed E-state index contributed by atoms with van der Waals surface area (Å²) in [5.74, 6) is -1.20. The van der Waals surface area contributed by atoms with Crippen LogP contribution in [0.1, 0.15) is 29.2 Å². The summed E-state index contributed by atoms with van der Waals surface area (Å²) >= 11 is 0. The molecular formula is C28H24N6O3. The number of benzene rings is 3. The fourth-order valence-electron chi connectivity index (χ4n) is 4.99. The number of anilines is 1. The third-order valence-electron chi connectivity index (χ3n) is 6.90. The van der Waals surface area contributed by atoms with Crippen LogP contribution in [0.4, 0.5) is 5.69 Å². The van der Waals surface area contributed by atoms with Gasteiger partial charge in [-0.2, -0.15) is 10.2 Å². The maximum atomic E-state index is 13.6. The van der Waals surface area contributed by atoms with Crippen molar-refractivity contribution in [2.24, 2.45) is 15.4 Å². The molecule has 0 bridgehead atoms. The molecule has 1 saturated heterocycles. The average molecular weight is 493 g/mol. The molecule has 3 heterocycles. The molecule has 0 saturated carbocycles. The van der Waals surface area contributed by atoms with Crippen LogP contribution in [0.15, 0.2) is 100 Å². The van der Waals surface area contributed by atoms with Crippen molar-refractivity contribution in [2.75, 3.05) is 11.4 Å². The molecule has 0 aliphatic carbocycles. The first-order chi connectivity index (χ1) is 18.0. The molecule has 0 spiro atoms. The third-order valence-corrected chi connectivity index (χ3v) is 6.90. The molecule has 0 unspecified atom stereocenters. The maximum Gasteiger partial charge on any atom is 0.264 e. The van der Waals surface area contributed by atoms with Crippen molar-refractivity contribution in [3.63, 3.8) is 0 Å². The normalized spacial score (nSPS) is 22.6. The van der Waals surface area contributed by atoms with E-state index in [9.17, 15) is 14.4 Å². The Labute approximate surface area is 213 Å². The van der Waals surface area contributed by atoms with Crippen LogP contribution in [0.5, 0.6) is 0 Å². The van der Waals surface area contributed by atoms with Crippen molar-refractivity contribution in [3.05, 3.63) is 102 Å². The molecule has 37 heavy (non-hydrogen) atoms. The van der Waals surface area contributed by atoms with E-state index in [1.807, 2.05) is 79.7 Å². The summed E-state index contributed by atoms with van der Waals surface area (Å²) in [6, 6.07) is 24.4. The summed E-state index contributed by atoms with van der Waals surface area (Å²) in [5, 5.41) is 15.6. The van der Waals surface area contributed by atoms with Crippen LogP contribution in [0.2, 0.25) is 0 Å². The number of rotatable bonds is 5. The van der Waals surface area contributed by atoms with Crippen molar-refractivity contribution >= 4 is 29.1 Å². The Morgan fingerprint density at radius 2 is 1.57 bits per heavy atom. The molecule has 184 valence electrons. The highest BCUT2D eigenvalue weighted by Gasteiger charge is 2.55. The van der Waals surface area contributed by atoms with Gasteiger partial charge in [0.25, 0.3) is 17.7 Å². The first kappa shape index (κ1) is 22.8. The molecule has 9 heteroatoms. The van der Waals surface area contributed by atoms with Gasteiger partial charge in [-0.1, -0.05) is 83.6 Å². The van der Waals surface area contributed by atoms with Crippen molar-refractivity contribution in [1.29, 1.82) is 0 Å². The molecule has 3 atom stereocenters. The van der Waals surface area contributed by atoms with Gasteiger partial charge in [0.05, 0.1) is 17.4 Å². The summed E-state index contributed by atoms with van der Waals surface area (Å²) in [4.78, 5) is 41.1. The van der Waals surface area contributed by atoms with Crippen LogP contribution >= 0.6 is 0 Å². The second-order valence-electron chi connectivity index (χ2n) is 9.32. The lowest BCUT2D eigenvalue weighted by molar-refractivity contribution is -0.135. The number of carbonyl (C=O) groups excluding carboxylic acids is 3. The van der Waals surface area contributed by atoms with Crippen LogP contribution in [0.3, 0.4) is 0 Å². The molecule has 1 fully saturated rings. The highest BCUT2D eigenvalue weighted by molar-refractivity contribution is 6.25. The number of hydrogen-bond donors (Lipinski definition) is 0. The lowest BCUT2D eigenvalue weighted by atomic mass is 9.98. The van der Waals surface area contributed by atoms with E-state index in [0.29, 0.717) is 12.1 Å². The van der Waals surface area contributed by atoms with E-state index in [2.05, 4.69) is 15.4 Å². The molecule has 3 aliphatic heterocycles. The standard InChI is InChI=1S/C28H24N6O3/c1-18-12-14-21(15-13-18)33-27(36)25-26(28(33)37)32(31-29-25)17-24(35)34-23(20-10-6-3-7-11-20)16-22(30-34)19-8-4-2-5-9-19/h2-15,23,25-26H,16-17H2,1H3/t23-,25-,26+/m1/s1. The van der Waals surface area contributed by atoms with Crippen molar-refractivity contribution in [3.8, 4) is 0 Å². The van der Waals surface area contributed by atoms with Gasteiger partial charge < -0.3 is 0 Å². The number of nitrogens with zero attached hydrogens (tertiary/aromatic N) is 6. The molecule has 3 aromatic rings. The summed E-state index contributed by atoms with van der Waals surface area (Å²) in [5.41, 5.74) is 4.22. The van der Waals surface area contributed by atoms with Crippen LogP contribution in [0, 0.1) is 6.92 Å². The largest absolute Gasteiger partial charge is 0.271 e. The highest BCUT2D eigenvalue weighted by atomic mass is 16.2. The number of aryl methyl sites for hydroxylation is 1. The van der Waals surface area contributed by atoms with Crippen LogP contribution < -0.4 is 4.90 Å². The summed E-state index contributed by atoms with van der Waals surface area (Å²) in [6.07, 6.45) is 0.561. The lowest BCUT2D eigenvalue weighted by Crippen LogP contribution is -2.44. The van der Waals surface area contributed by atoms with Gasteiger partial charge in [0.15, 0.2) is 12.1 Å². The van der Waals surface area contributed by atoms with E-state index in [1.54, 1.807) is 12.1 Å². The molecule has 3 amide bonds. The van der Waals surface area contributed by atoms with Gasteiger partial charge in [-0.15, -0.1) is 0 Å². The topological polar surface area (TPSA) is 98.0 Å². The third kappa shape index (κ3) is 3.98. The number of hydrogen-bond acceptors (Lipinski definition) is 7. The highest BCUT2D eigenvalue weighted by Crippen LogP contribution is 2.35. The first-order valence-corrected chi connectivity index (χ1v) is 12.1. The van der Waals surface area contributed by atoms with E-state index in [-0.39, 0.29) is 18.5 Å². The Morgan fingerprint density at radius 1 is 0.892 bits per heavy atom. The molecule has 3 aliphatic rings. The van der Waals surface area contributed by atoms with Crippen molar-refractivity contribution in [2.45, 2.75) is 31.5 Å². The summed E-state index contributed by atoms with van der Waals surface area (Å²) in [7, 11) is 0. The minimum atomic E-state index is -0.964. The van der Waals surface area contributed by atoms with Crippen molar-refractivity contribution in [1.82, 2.24) is 10.0 Å². The predicted molar refractivity (Wildman–Crippen MR) is 136 cm³/mol. The molecule has 3 aromatic carbocycles. The zero-order chi connectivity index (χ0) is 25.5. The average Bonchev–Trinajstić information content (AvgIpc) is 3.61. The van der Waals surface area contributed by atoms with Gasteiger partial charge in [0.1, 0.15) is 6.54 Å². The maximum absolute atomic E-state index is 13.6. The monoisotopic (exact) mass is 492 g/mol. The Bertz CT molecular complexity index is 1420. The molecule has 0 aromatic heterocycles. The lowest BCUT2D eigenvalue weighted by Gasteiger charge is -2.25.